The maximum atomic E-state index is 12.5. The van der Waals surface area contributed by atoms with Gasteiger partial charge in [0.15, 0.2) is 5.78 Å². The number of benzene rings is 2. The summed E-state index contributed by atoms with van der Waals surface area (Å²) in [6.07, 6.45) is 3.40. The van der Waals surface area contributed by atoms with Crippen LogP contribution in [0.25, 0.3) is 16.6 Å². The first-order valence-corrected chi connectivity index (χ1v) is 8.38. The first-order chi connectivity index (χ1) is 11.7. The normalized spacial score (nSPS) is 10.9. The number of carbonyl (C=O) groups is 1. The van der Waals surface area contributed by atoms with Crippen molar-refractivity contribution in [3.63, 3.8) is 0 Å². The summed E-state index contributed by atoms with van der Waals surface area (Å²) in [4.78, 5) is 17.7. The molecule has 4 heteroatoms. The van der Waals surface area contributed by atoms with Gasteiger partial charge in [0.1, 0.15) is 10.8 Å². The maximum absolute atomic E-state index is 12.5. The van der Waals surface area contributed by atoms with Crippen LogP contribution in [0, 0.1) is 6.92 Å². The molecule has 120 valence electrons. The van der Waals surface area contributed by atoms with E-state index in [2.05, 4.69) is 4.98 Å². The van der Waals surface area contributed by atoms with Gasteiger partial charge in [-0.1, -0.05) is 48.5 Å². The fourth-order valence-electron chi connectivity index (χ4n) is 2.29. The van der Waals surface area contributed by atoms with Crippen LogP contribution in [-0.4, -0.2) is 17.9 Å². The summed E-state index contributed by atoms with van der Waals surface area (Å²) >= 11 is 1.43. The fraction of sp³-hybridized carbons (Fsp3) is 0.100. The Labute approximate surface area is 145 Å². The highest BCUT2D eigenvalue weighted by molar-refractivity contribution is 7.17. The monoisotopic (exact) mass is 335 g/mol. The smallest absolute Gasteiger partial charge is 0.197 e. The molecule has 3 aromatic rings. The maximum Gasteiger partial charge on any atom is 0.197 e. The Kier molecular flexibility index (Phi) is 4.87. The average Bonchev–Trinajstić information content (AvgIpc) is 3.03. The highest BCUT2D eigenvalue weighted by Gasteiger charge is 2.14. The van der Waals surface area contributed by atoms with Crippen LogP contribution in [0.1, 0.15) is 20.9 Å². The third kappa shape index (κ3) is 3.60. The van der Waals surface area contributed by atoms with Gasteiger partial charge in [-0.2, -0.15) is 0 Å². The van der Waals surface area contributed by atoms with E-state index in [1.165, 1.54) is 11.3 Å². The molecule has 3 nitrogen and oxygen atoms in total. The number of aromatic nitrogens is 1. The number of aryl methyl sites for hydroxylation is 1. The predicted molar refractivity (Wildman–Crippen MR) is 98.6 cm³/mol. The summed E-state index contributed by atoms with van der Waals surface area (Å²) < 4.78 is 5.13. The molecule has 0 atom stereocenters. The van der Waals surface area contributed by atoms with Crippen LogP contribution < -0.4 is 4.74 Å². The fourth-order valence-corrected chi connectivity index (χ4v) is 3.28. The minimum absolute atomic E-state index is 0.0250. The van der Waals surface area contributed by atoms with E-state index in [-0.39, 0.29) is 5.78 Å². The molecule has 3 rings (SSSR count). The van der Waals surface area contributed by atoms with Crippen molar-refractivity contribution < 1.29 is 9.53 Å². The summed E-state index contributed by atoms with van der Waals surface area (Å²) in [5.74, 6) is 0.771. The number of carbonyl (C=O) groups excluding carboxylic acids is 1. The Morgan fingerprint density at radius 3 is 2.46 bits per heavy atom. The summed E-state index contributed by atoms with van der Waals surface area (Å²) in [7, 11) is 1.63. The topological polar surface area (TPSA) is 39.2 Å². The van der Waals surface area contributed by atoms with Gasteiger partial charge in [-0.05, 0) is 30.7 Å². The van der Waals surface area contributed by atoms with Crippen LogP contribution in [0.15, 0.2) is 60.7 Å². The molecule has 0 unspecified atom stereocenters. The Morgan fingerprint density at radius 1 is 1.08 bits per heavy atom. The third-order valence-corrected chi connectivity index (χ3v) is 4.81. The van der Waals surface area contributed by atoms with Gasteiger partial charge in [-0.25, -0.2) is 4.98 Å². The molecule has 0 radical (unpaired) electrons. The van der Waals surface area contributed by atoms with Gasteiger partial charge in [0.25, 0.3) is 0 Å². The average molecular weight is 335 g/mol. The van der Waals surface area contributed by atoms with Crippen LogP contribution in [0.4, 0.5) is 0 Å². The molecule has 0 aliphatic rings. The second-order valence-corrected chi connectivity index (χ2v) is 6.27. The molecule has 0 spiro atoms. The number of thiazole rings is 1. The number of hydrogen-bond donors (Lipinski definition) is 0. The molecule has 0 bridgehead atoms. The molecule has 0 aliphatic carbocycles. The number of allylic oxidation sites excluding steroid dienone is 1. The number of nitrogens with zero attached hydrogens (tertiary/aromatic N) is 1. The zero-order chi connectivity index (χ0) is 16.9. The van der Waals surface area contributed by atoms with Crippen molar-refractivity contribution in [2.75, 3.05) is 7.11 Å². The first-order valence-electron chi connectivity index (χ1n) is 7.56. The summed E-state index contributed by atoms with van der Waals surface area (Å²) in [5, 5.41) is 0.870. The lowest BCUT2D eigenvalue weighted by atomic mass is 10.1. The highest BCUT2D eigenvalue weighted by Crippen LogP contribution is 2.28. The zero-order valence-electron chi connectivity index (χ0n) is 13.5. The lowest BCUT2D eigenvalue weighted by Gasteiger charge is -1.98. The summed E-state index contributed by atoms with van der Waals surface area (Å²) in [6.45, 7) is 1.87. The van der Waals surface area contributed by atoms with Crippen LogP contribution in [0.5, 0.6) is 5.75 Å². The van der Waals surface area contributed by atoms with Crippen molar-refractivity contribution in [1.82, 2.24) is 4.98 Å². The predicted octanol–water partition coefficient (Wildman–Crippen LogP) is 5.02. The van der Waals surface area contributed by atoms with E-state index in [0.717, 1.165) is 27.6 Å². The molecule has 0 fully saturated rings. The largest absolute Gasteiger partial charge is 0.497 e. The molecule has 0 amide bonds. The lowest BCUT2D eigenvalue weighted by Crippen LogP contribution is -1.93. The molecule has 1 aromatic heterocycles. The van der Waals surface area contributed by atoms with Crippen LogP contribution in [0.3, 0.4) is 0 Å². The van der Waals surface area contributed by atoms with E-state index < -0.39 is 0 Å². The van der Waals surface area contributed by atoms with Crippen LogP contribution >= 0.6 is 11.3 Å². The van der Waals surface area contributed by atoms with Crippen molar-refractivity contribution in [2.24, 2.45) is 0 Å². The Hall–Kier alpha value is -2.72. The van der Waals surface area contributed by atoms with Gasteiger partial charge in [0, 0.05) is 5.56 Å². The molecule has 0 N–H and O–H groups in total. The van der Waals surface area contributed by atoms with Gasteiger partial charge in [-0.15, -0.1) is 11.3 Å². The van der Waals surface area contributed by atoms with E-state index in [0.29, 0.717) is 4.88 Å². The summed E-state index contributed by atoms with van der Waals surface area (Å²) in [6, 6.07) is 17.5. The van der Waals surface area contributed by atoms with Crippen molar-refractivity contribution in [3.05, 3.63) is 76.8 Å². The highest BCUT2D eigenvalue weighted by atomic mass is 32.1. The molecule has 24 heavy (non-hydrogen) atoms. The molecular formula is C20H17NO2S. The minimum atomic E-state index is -0.0250. The Morgan fingerprint density at radius 2 is 1.79 bits per heavy atom. The second kappa shape index (κ2) is 7.23. The number of rotatable bonds is 5. The Bertz CT molecular complexity index is 864. The molecular weight excluding hydrogens is 318 g/mol. The molecule has 2 aromatic carbocycles. The van der Waals surface area contributed by atoms with Crippen LogP contribution in [-0.2, 0) is 0 Å². The lowest BCUT2D eigenvalue weighted by molar-refractivity contribution is 0.105. The Balaban J connectivity index is 1.79. The SMILES string of the molecule is COc1ccc(/C=C/C(=O)c2sc(-c3ccccc3)nc2C)cc1. The van der Waals surface area contributed by atoms with Crippen molar-refractivity contribution >= 4 is 23.2 Å². The summed E-state index contributed by atoms with van der Waals surface area (Å²) in [5.41, 5.74) is 2.75. The van der Waals surface area contributed by atoms with Gasteiger partial charge in [0.2, 0.25) is 0 Å². The number of ether oxygens (including phenoxy) is 1. The number of ketones is 1. The van der Waals surface area contributed by atoms with Gasteiger partial charge < -0.3 is 4.74 Å². The molecule has 0 saturated carbocycles. The van der Waals surface area contributed by atoms with E-state index in [1.54, 1.807) is 13.2 Å². The van der Waals surface area contributed by atoms with E-state index >= 15 is 0 Å². The van der Waals surface area contributed by atoms with Crippen molar-refractivity contribution in [3.8, 4) is 16.3 Å². The minimum Gasteiger partial charge on any atom is -0.497 e. The molecule has 0 aliphatic heterocycles. The van der Waals surface area contributed by atoms with Gasteiger partial charge in [-0.3, -0.25) is 4.79 Å². The third-order valence-electron chi connectivity index (χ3n) is 3.58. The van der Waals surface area contributed by atoms with Gasteiger partial charge in [0.05, 0.1) is 17.7 Å². The molecule has 0 saturated heterocycles. The van der Waals surface area contributed by atoms with E-state index in [9.17, 15) is 4.79 Å². The van der Waals surface area contributed by atoms with Crippen molar-refractivity contribution in [2.45, 2.75) is 6.92 Å². The second-order valence-electron chi connectivity index (χ2n) is 5.27. The number of methoxy groups -OCH3 is 1. The van der Waals surface area contributed by atoms with Gasteiger partial charge >= 0.3 is 0 Å². The zero-order valence-corrected chi connectivity index (χ0v) is 14.3. The first kappa shape index (κ1) is 16.1. The van der Waals surface area contributed by atoms with E-state index in [1.807, 2.05) is 67.6 Å². The standard InChI is InChI=1S/C20H17NO2S/c1-14-19(24-20(21-14)16-6-4-3-5-7-16)18(22)13-10-15-8-11-17(23-2)12-9-15/h3-13H,1-2H3/b13-10+. The quantitative estimate of drug-likeness (QED) is 0.485. The van der Waals surface area contributed by atoms with Crippen molar-refractivity contribution in [1.29, 1.82) is 0 Å². The number of hydrogen-bond acceptors (Lipinski definition) is 4. The van der Waals surface area contributed by atoms with Crippen LogP contribution in [0.2, 0.25) is 0 Å². The van der Waals surface area contributed by atoms with E-state index in [4.69, 9.17) is 4.74 Å². The molecule has 1 heterocycles.